The minimum absolute atomic E-state index is 0.0697. The third-order valence-corrected chi connectivity index (χ3v) is 3.69. The standard InChI is InChI=1S/C16H26N2O2/c1-4-18(11-8-12-19)13-16(20)17(3)14(2)15-9-6-5-7-10-15/h5-7,9-10,14,19H,4,8,11-13H2,1-3H3. The number of carbonyl (C=O) groups excluding carboxylic acids is 1. The van der Waals surface area contributed by atoms with Crippen molar-refractivity contribution < 1.29 is 9.90 Å². The van der Waals surface area contributed by atoms with Gasteiger partial charge >= 0.3 is 0 Å². The SMILES string of the molecule is CCN(CCCO)CC(=O)N(C)C(C)c1ccccc1. The normalized spacial score (nSPS) is 12.4. The van der Waals surface area contributed by atoms with Crippen LogP contribution in [0.3, 0.4) is 0 Å². The van der Waals surface area contributed by atoms with Gasteiger partial charge in [0.25, 0.3) is 0 Å². The zero-order valence-corrected chi connectivity index (χ0v) is 12.7. The first-order valence-electron chi connectivity index (χ1n) is 7.24. The molecule has 0 aliphatic carbocycles. The summed E-state index contributed by atoms with van der Waals surface area (Å²) in [6, 6.07) is 10.1. The van der Waals surface area contributed by atoms with Crippen molar-refractivity contribution in [2.75, 3.05) is 33.3 Å². The van der Waals surface area contributed by atoms with Gasteiger partial charge < -0.3 is 10.0 Å². The van der Waals surface area contributed by atoms with Gasteiger partial charge in [0.2, 0.25) is 5.91 Å². The van der Waals surface area contributed by atoms with Crippen LogP contribution in [0.2, 0.25) is 0 Å². The van der Waals surface area contributed by atoms with Crippen LogP contribution in [0.4, 0.5) is 0 Å². The van der Waals surface area contributed by atoms with Crippen LogP contribution < -0.4 is 0 Å². The Morgan fingerprint density at radius 2 is 1.95 bits per heavy atom. The predicted octanol–water partition coefficient (Wildman–Crippen LogP) is 1.91. The number of benzene rings is 1. The molecule has 0 bridgehead atoms. The molecule has 4 heteroatoms. The molecule has 112 valence electrons. The number of hydrogen-bond acceptors (Lipinski definition) is 3. The lowest BCUT2D eigenvalue weighted by Crippen LogP contribution is -2.40. The molecule has 0 saturated heterocycles. The second-order valence-corrected chi connectivity index (χ2v) is 5.04. The van der Waals surface area contributed by atoms with E-state index in [-0.39, 0.29) is 18.6 Å². The van der Waals surface area contributed by atoms with E-state index in [2.05, 4.69) is 4.90 Å². The fourth-order valence-electron chi connectivity index (χ4n) is 2.12. The molecule has 0 saturated carbocycles. The van der Waals surface area contributed by atoms with E-state index in [9.17, 15) is 4.79 Å². The molecule has 0 aliphatic heterocycles. The van der Waals surface area contributed by atoms with Crippen LogP contribution in [0.5, 0.6) is 0 Å². The van der Waals surface area contributed by atoms with Crippen LogP contribution in [0.15, 0.2) is 30.3 Å². The zero-order chi connectivity index (χ0) is 15.0. The monoisotopic (exact) mass is 278 g/mol. The van der Waals surface area contributed by atoms with Crippen molar-refractivity contribution in [2.45, 2.75) is 26.3 Å². The molecule has 1 atom stereocenters. The molecule has 1 amide bonds. The van der Waals surface area contributed by atoms with Gasteiger partial charge in [-0.25, -0.2) is 0 Å². The number of aliphatic hydroxyl groups excluding tert-OH is 1. The van der Waals surface area contributed by atoms with Gasteiger partial charge in [-0.15, -0.1) is 0 Å². The number of carbonyl (C=O) groups is 1. The topological polar surface area (TPSA) is 43.8 Å². The molecular weight excluding hydrogens is 252 g/mol. The summed E-state index contributed by atoms with van der Waals surface area (Å²) in [4.78, 5) is 16.2. The molecule has 4 nitrogen and oxygen atoms in total. The predicted molar refractivity (Wildman–Crippen MR) is 81.4 cm³/mol. The molecule has 0 aliphatic rings. The minimum Gasteiger partial charge on any atom is -0.396 e. The summed E-state index contributed by atoms with van der Waals surface area (Å²) < 4.78 is 0. The van der Waals surface area contributed by atoms with Gasteiger partial charge in [0.05, 0.1) is 12.6 Å². The Labute approximate surface area is 122 Å². The molecule has 1 aromatic carbocycles. The van der Waals surface area contributed by atoms with Gasteiger partial charge in [-0.2, -0.15) is 0 Å². The average molecular weight is 278 g/mol. The van der Waals surface area contributed by atoms with E-state index in [1.54, 1.807) is 4.90 Å². The number of amides is 1. The molecule has 1 unspecified atom stereocenters. The maximum absolute atomic E-state index is 12.3. The average Bonchev–Trinajstić information content (AvgIpc) is 2.50. The summed E-state index contributed by atoms with van der Waals surface area (Å²) in [6.45, 7) is 6.22. The van der Waals surface area contributed by atoms with Gasteiger partial charge in [-0.05, 0) is 25.5 Å². The zero-order valence-electron chi connectivity index (χ0n) is 12.7. The van der Waals surface area contributed by atoms with Crippen LogP contribution in [-0.4, -0.2) is 54.1 Å². The van der Waals surface area contributed by atoms with Crippen molar-refractivity contribution >= 4 is 5.91 Å². The van der Waals surface area contributed by atoms with E-state index in [4.69, 9.17) is 5.11 Å². The highest BCUT2D eigenvalue weighted by Gasteiger charge is 2.18. The molecule has 0 fully saturated rings. The van der Waals surface area contributed by atoms with Gasteiger partial charge in [0.15, 0.2) is 0 Å². The lowest BCUT2D eigenvalue weighted by Gasteiger charge is -2.28. The van der Waals surface area contributed by atoms with Crippen molar-refractivity contribution in [3.63, 3.8) is 0 Å². The van der Waals surface area contributed by atoms with Crippen molar-refractivity contribution in [3.8, 4) is 0 Å². The molecule has 20 heavy (non-hydrogen) atoms. The Hall–Kier alpha value is -1.39. The Kier molecular flexibility index (Phi) is 7.26. The quantitative estimate of drug-likeness (QED) is 0.790. The van der Waals surface area contributed by atoms with E-state index in [1.807, 2.05) is 51.2 Å². The smallest absolute Gasteiger partial charge is 0.236 e. The molecule has 0 heterocycles. The molecule has 1 aromatic rings. The minimum atomic E-state index is 0.0697. The van der Waals surface area contributed by atoms with Crippen LogP contribution >= 0.6 is 0 Å². The van der Waals surface area contributed by atoms with Crippen LogP contribution in [-0.2, 0) is 4.79 Å². The van der Waals surface area contributed by atoms with Crippen LogP contribution in [0, 0.1) is 0 Å². The molecule has 1 rings (SSSR count). The largest absolute Gasteiger partial charge is 0.396 e. The van der Waals surface area contributed by atoms with E-state index >= 15 is 0 Å². The second kappa shape index (κ2) is 8.72. The third-order valence-electron chi connectivity index (χ3n) is 3.69. The van der Waals surface area contributed by atoms with Gasteiger partial charge in [-0.3, -0.25) is 9.69 Å². The Morgan fingerprint density at radius 1 is 1.30 bits per heavy atom. The molecule has 0 spiro atoms. The molecular formula is C16H26N2O2. The summed E-state index contributed by atoms with van der Waals surface area (Å²) in [5.41, 5.74) is 1.14. The van der Waals surface area contributed by atoms with E-state index in [0.717, 1.165) is 18.7 Å². The summed E-state index contributed by atoms with van der Waals surface area (Å²) in [5, 5.41) is 8.87. The summed E-state index contributed by atoms with van der Waals surface area (Å²) in [6.07, 6.45) is 0.707. The number of hydrogen-bond donors (Lipinski definition) is 1. The molecule has 0 radical (unpaired) electrons. The fourth-order valence-corrected chi connectivity index (χ4v) is 2.12. The maximum Gasteiger partial charge on any atom is 0.236 e. The lowest BCUT2D eigenvalue weighted by atomic mass is 10.1. The number of nitrogens with zero attached hydrogens (tertiary/aromatic N) is 2. The first kappa shape index (κ1) is 16.7. The highest BCUT2D eigenvalue weighted by Crippen LogP contribution is 2.18. The Morgan fingerprint density at radius 3 is 2.50 bits per heavy atom. The highest BCUT2D eigenvalue weighted by molar-refractivity contribution is 5.78. The Balaban J connectivity index is 2.57. The highest BCUT2D eigenvalue weighted by atomic mass is 16.3. The van der Waals surface area contributed by atoms with Crippen molar-refractivity contribution in [1.82, 2.24) is 9.80 Å². The lowest BCUT2D eigenvalue weighted by molar-refractivity contribution is -0.133. The number of aliphatic hydroxyl groups is 1. The third kappa shape index (κ3) is 4.94. The van der Waals surface area contributed by atoms with Gasteiger partial charge in [0.1, 0.15) is 0 Å². The van der Waals surface area contributed by atoms with E-state index in [0.29, 0.717) is 13.0 Å². The number of rotatable bonds is 8. The first-order valence-corrected chi connectivity index (χ1v) is 7.24. The second-order valence-electron chi connectivity index (χ2n) is 5.04. The maximum atomic E-state index is 12.3. The number of likely N-dealkylation sites (N-methyl/N-ethyl adjacent to an activating group) is 2. The van der Waals surface area contributed by atoms with E-state index < -0.39 is 0 Å². The summed E-state index contributed by atoms with van der Waals surface area (Å²) >= 11 is 0. The van der Waals surface area contributed by atoms with Crippen molar-refractivity contribution in [1.29, 1.82) is 0 Å². The van der Waals surface area contributed by atoms with Gasteiger partial charge in [-0.1, -0.05) is 37.3 Å². The van der Waals surface area contributed by atoms with Crippen molar-refractivity contribution in [3.05, 3.63) is 35.9 Å². The first-order chi connectivity index (χ1) is 9.60. The van der Waals surface area contributed by atoms with Gasteiger partial charge in [0, 0.05) is 20.2 Å². The van der Waals surface area contributed by atoms with Crippen LogP contribution in [0.1, 0.15) is 31.9 Å². The molecule has 1 N–H and O–H groups in total. The van der Waals surface area contributed by atoms with Crippen molar-refractivity contribution in [2.24, 2.45) is 0 Å². The summed E-state index contributed by atoms with van der Waals surface area (Å²) in [7, 11) is 1.85. The van der Waals surface area contributed by atoms with E-state index in [1.165, 1.54) is 0 Å². The van der Waals surface area contributed by atoms with Crippen LogP contribution in [0.25, 0.3) is 0 Å². The molecule has 0 aromatic heterocycles. The summed E-state index contributed by atoms with van der Waals surface area (Å²) in [5.74, 6) is 0.112. The Bertz CT molecular complexity index is 395. The fraction of sp³-hybridized carbons (Fsp3) is 0.562.